The van der Waals surface area contributed by atoms with E-state index in [2.05, 4.69) is 76.5 Å². The lowest BCUT2D eigenvalue weighted by Gasteiger charge is -2.37. The molecule has 0 saturated heterocycles. The molecule has 0 saturated carbocycles. The number of rotatable bonds is 7. The van der Waals surface area contributed by atoms with E-state index in [0.717, 1.165) is 34.0 Å². The molecule has 35 heavy (non-hydrogen) atoms. The summed E-state index contributed by atoms with van der Waals surface area (Å²) < 4.78 is 0. The molecule has 0 radical (unpaired) electrons. The number of anilines is 1. The quantitative estimate of drug-likeness (QED) is 0.209. The summed E-state index contributed by atoms with van der Waals surface area (Å²) in [5.41, 5.74) is 9.47. The molecule has 3 aromatic rings. The van der Waals surface area contributed by atoms with Gasteiger partial charge in [0.05, 0.1) is 17.5 Å². The number of hydrogen-bond donors (Lipinski definition) is 2. The Bertz CT molecular complexity index is 1260. The van der Waals surface area contributed by atoms with E-state index < -0.39 is 0 Å². The lowest BCUT2D eigenvalue weighted by molar-refractivity contribution is -0.118. The number of carbonyl (C=O) groups excluding carboxylic acids is 1. The third kappa shape index (κ3) is 5.47. The number of benzene rings is 3. The molecule has 1 heterocycles. The molecule has 1 aliphatic carbocycles. The van der Waals surface area contributed by atoms with Crippen molar-refractivity contribution in [1.29, 1.82) is 0 Å². The van der Waals surface area contributed by atoms with Gasteiger partial charge >= 0.3 is 0 Å². The van der Waals surface area contributed by atoms with Crippen LogP contribution < -0.4 is 10.7 Å². The molecule has 2 N–H and O–H groups in total. The van der Waals surface area contributed by atoms with Gasteiger partial charge in [0.15, 0.2) is 0 Å². The van der Waals surface area contributed by atoms with Gasteiger partial charge in [-0.1, -0.05) is 72.3 Å². The van der Waals surface area contributed by atoms with Crippen LogP contribution >= 0.6 is 23.4 Å². The van der Waals surface area contributed by atoms with Gasteiger partial charge in [-0.2, -0.15) is 5.10 Å². The second-order valence-electron chi connectivity index (χ2n) is 9.04. The van der Waals surface area contributed by atoms with Gasteiger partial charge in [0.25, 0.3) is 0 Å². The molecule has 3 atom stereocenters. The normalized spacial score (nSPS) is 20.6. The summed E-state index contributed by atoms with van der Waals surface area (Å²) in [5.74, 6) is 1.87. The van der Waals surface area contributed by atoms with Crippen molar-refractivity contribution < 1.29 is 4.79 Å². The number of hydrogen-bond acceptors (Lipinski definition) is 4. The van der Waals surface area contributed by atoms with Gasteiger partial charge in [-0.05, 0) is 65.8 Å². The first-order valence-corrected chi connectivity index (χ1v) is 13.4. The molecule has 178 valence electrons. The number of nitrogens with zero attached hydrogens (tertiary/aromatic N) is 1. The van der Waals surface area contributed by atoms with E-state index in [1.165, 1.54) is 16.8 Å². The van der Waals surface area contributed by atoms with Crippen LogP contribution in [0.25, 0.3) is 0 Å². The predicted octanol–water partition coefficient (Wildman–Crippen LogP) is 6.94. The molecule has 5 rings (SSSR count). The maximum absolute atomic E-state index is 12.3. The van der Waals surface area contributed by atoms with Crippen LogP contribution in [0.4, 0.5) is 5.69 Å². The summed E-state index contributed by atoms with van der Waals surface area (Å²) >= 11 is 7.48. The van der Waals surface area contributed by atoms with Crippen LogP contribution in [0.5, 0.6) is 0 Å². The first kappa shape index (κ1) is 23.7. The van der Waals surface area contributed by atoms with Crippen molar-refractivity contribution in [2.24, 2.45) is 11.0 Å². The molecule has 1 amide bonds. The fraction of sp³-hybridized carbons (Fsp3) is 0.241. The zero-order valence-electron chi connectivity index (χ0n) is 19.6. The Morgan fingerprint density at radius 1 is 1.11 bits per heavy atom. The Morgan fingerprint density at radius 3 is 2.71 bits per heavy atom. The fourth-order valence-electron chi connectivity index (χ4n) is 4.90. The minimum absolute atomic E-state index is 0.104. The third-order valence-corrected chi connectivity index (χ3v) is 7.96. The van der Waals surface area contributed by atoms with Crippen LogP contribution in [-0.2, 0) is 10.5 Å². The van der Waals surface area contributed by atoms with Crippen molar-refractivity contribution in [3.63, 3.8) is 0 Å². The first-order valence-electron chi connectivity index (χ1n) is 11.9. The molecular weight excluding hydrogens is 474 g/mol. The first-order chi connectivity index (χ1) is 17.1. The third-order valence-electron chi connectivity index (χ3n) is 6.70. The summed E-state index contributed by atoms with van der Waals surface area (Å²) in [6, 6.07) is 25.1. The lowest BCUT2D eigenvalue weighted by atomic mass is 9.76. The van der Waals surface area contributed by atoms with Gasteiger partial charge in [-0.25, -0.2) is 5.43 Å². The zero-order chi connectivity index (χ0) is 24.2. The van der Waals surface area contributed by atoms with Crippen molar-refractivity contribution in [3.8, 4) is 0 Å². The monoisotopic (exact) mass is 501 g/mol. The molecule has 1 aliphatic heterocycles. The maximum Gasteiger partial charge on any atom is 0.250 e. The van der Waals surface area contributed by atoms with Crippen molar-refractivity contribution in [2.45, 2.75) is 31.1 Å². The van der Waals surface area contributed by atoms with Crippen molar-refractivity contribution in [1.82, 2.24) is 5.43 Å². The van der Waals surface area contributed by atoms with E-state index in [9.17, 15) is 4.79 Å². The fourth-order valence-corrected chi connectivity index (χ4v) is 5.80. The molecular formula is C29H28ClN3OS. The lowest BCUT2D eigenvalue weighted by Crippen LogP contribution is -2.29. The Labute approximate surface area is 215 Å². The van der Waals surface area contributed by atoms with E-state index >= 15 is 0 Å². The van der Waals surface area contributed by atoms with Crippen LogP contribution in [0.2, 0.25) is 5.02 Å². The Balaban J connectivity index is 1.23. The highest BCUT2D eigenvalue weighted by atomic mass is 35.5. The number of nitrogens with one attached hydrogen (secondary N) is 2. The standard InChI is InChI=1S/C29H28ClN3OS/c1-19(32-33-28(34)18-35-17-20-10-13-23(30)14-11-20)22-12-15-27-26(16-22)24-8-5-9-25(24)29(31-27)21-6-3-2-4-7-21/h2-8,10-16,24-25,29,31H,9,17-18H2,1H3,(H,33,34)/b32-19+. The predicted molar refractivity (Wildman–Crippen MR) is 147 cm³/mol. The Morgan fingerprint density at radius 2 is 1.91 bits per heavy atom. The van der Waals surface area contributed by atoms with Crippen molar-refractivity contribution >= 4 is 40.7 Å². The molecule has 6 heteroatoms. The largest absolute Gasteiger partial charge is 0.378 e. The smallest absolute Gasteiger partial charge is 0.250 e. The molecule has 0 fully saturated rings. The summed E-state index contributed by atoms with van der Waals surface area (Å²) in [6.07, 6.45) is 5.71. The molecule has 0 aromatic heterocycles. The highest BCUT2D eigenvalue weighted by molar-refractivity contribution is 7.99. The number of carbonyl (C=O) groups is 1. The average Bonchev–Trinajstić information content (AvgIpc) is 3.39. The Hall–Kier alpha value is -3.02. The molecule has 4 nitrogen and oxygen atoms in total. The zero-order valence-corrected chi connectivity index (χ0v) is 21.2. The summed E-state index contributed by atoms with van der Waals surface area (Å²) in [5, 5.41) is 8.87. The minimum atomic E-state index is -0.104. The van der Waals surface area contributed by atoms with E-state index in [-0.39, 0.29) is 5.91 Å². The van der Waals surface area contributed by atoms with Gasteiger partial charge in [0.2, 0.25) is 5.91 Å². The van der Waals surface area contributed by atoms with Crippen LogP contribution in [0.1, 0.15) is 47.6 Å². The van der Waals surface area contributed by atoms with E-state index in [4.69, 9.17) is 11.6 Å². The van der Waals surface area contributed by atoms with Crippen LogP contribution in [0, 0.1) is 5.92 Å². The van der Waals surface area contributed by atoms with Gasteiger partial charge in [-0.3, -0.25) is 4.79 Å². The van der Waals surface area contributed by atoms with Gasteiger partial charge in [-0.15, -0.1) is 11.8 Å². The number of halogens is 1. The molecule has 0 bridgehead atoms. The highest BCUT2D eigenvalue weighted by Gasteiger charge is 2.37. The SMILES string of the molecule is C/C(=N\NC(=O)CSCc1ccc(Cl)cc1)c1ccc2c(c1)C1C=CCC1C(c1ccccc1)N2. The molecule has 2 aliphatic rings. The topological polar surface area (TPSA) is 53.5 Å². The van der Waals surface area contributed by atoms with E-state index in [1.54, 1.807) is 11.8 Å². The molecule has 0 spiro atoms. The van der Waals surface area contributed by atoms with Crippen molar-refractivity contribution in [3.05, 3.63) is 112 Å². The second kappa shape index (κ2) is 10.7. The van der Waals surface area contributed by atoms with E-state index in [0.29, 0.717) is 23.6 Å². The number of amides is 1. The number of hydrazone groups is 1. The van der Waals surface area contributed by atoms with Gasteiger partial charge in [0, 0.05) is 22.4 Å². The molecule has 3 aromatic carbocycles. The molecule has 3 unspecified atom stereocenters. The maximum atomic E-state index is 12.3. The van der Waals surface area contributed by atoms with Gasteiger partial charge in [0.1, 0.15) is 0 Å². The number of thioether (sulfide) groups is 1. The number of allylic oxidation sites excluding steroid dienone is 2. The minimum Gasteiger partial charge on any atom is -0.378 e. The van der Waals surface area contributed by atoms with Crippen LogP contribution in [-0.4, -0.2) is 17.4 Å². The average molecular weight is 502 g/mol. The van der Waals surface area contributed by atoms with Crippen molar-refractivity contribution in [2.75, 3.05) is 11.1 Å². The number of fused-ring (bicyclic) bond motifs is 3. The van der Waals surface area contributed by atoms with Crippen LogP contribution in [0.3, 0.4) is 0 Å². The highest BCUT2D eigenvalue weighted by Crippen LogP contribution is 2.49. The van der Waals surface area contributed by atoms with E-state index in [1.807, 2.05) is 31.2 Å². The van der Waals surface area contributed by atoms with Crippen LogP contribution in [0.15, 0.2) is 90.0 Å². The Kier molecular flexibility index (Phi) is 7.26. The summed E-state index contributed by atoms with van der Waals surface area (Å²) in [6.45, 7) is 1.94. The summed E-state index contributed by atoms with van der Waals surface area (Å²) in [7, 11) is 0. The summed E-state index contributed by atoms with van der Waals surface area (Å²) in [4.78, 5) is 12.3. The van der Waals surface area contributed by atoms with Gasteiger partial charge < -0.3 is 5.32 Å². The second-order valence-corrected chi connectivity index (χ2v) is 10.5.